The average molecular weight is 314 g/mol. The van der Waals surface area contributed by atoms with Gasteiger partial charge < -0.3 is 5.32 Å². The minimum Gasteiger partial charge on any atom is -0.317 e. The van der Waals surface area contributed by atoms with E-state index in [1.807, 2.05) is 0 Å². The molecule has 0 unspecified atom stereocenters. The molecule has 1 aliphatic rings. The number of rotatable bonds is 3. The second kappa shape index (κ2) is 5.15. The molecule has 118 valence electrons. The Morgan fingerprint density at radius 2 is 2.26 bits per heavy atom. The molecule has 3 aromatic heterocycles. The second-order valence-corrected chi connectivity index (χ2v) is 5.94. The lowest BCUT2D eigenvalue weighted by Crippen LogP contribution is -2.25. The number of carbonyl (C=O) groups is 1. The maximum atomic E-state index is 14.0. The molecule has 23 heavy (non-hydrogen) atoms. The van der Waals surface area contributed by atoms with Crippen molar-refractivity contribution in [1.82, 2.24) is 24.4 Å². The van der Waals surface area contributed by atoms with E-state index in [2.05, 4.69) is 27.4 Å². The van der Waals surface area contributed by atoms with Crippen LogP contribution in [0, 0.1) is 11.9 Å². The summed E-state index contributed by atoms with van der Waals surface area (Å²) in [6.45, 7) is 2.15. The molecule has 0 aromatic carbocycles. The van der Waals surface area contributed by atoms with Crippen molar-refractivity contribution in [2.24, 2.45) is 5.92 Å². The van der Waals surface area contributed by atoms with Crippen LogP contribution in [-0.4, -0.2) is 30.3 Å². The molecule has 3 aromatic rings. The average Bonchev–Trinajstić information content (AvgIpc) is 3.08. The Kier molecular flexibility index (Phi) is 3.10. The second-order valence-electron chi connectivity index (χ2n) is 5.94. The first-order chi connectivity index (χ1) is 11.1. The Hall–Kier alpha value is -2.77. The molecule has 1 amide bonds. The fraction of sp³-hybridized carbons (Fsp3) is 0.333. The molecule has 1 fully saturated rings. The Morgan fingerprint density at radius 1 is 1.43 bits per heavy atom. The van der Waals surface area contributed by atoms with E-state index in [0.717, 1.165) is 12.8 Å². The number of nitrogens with zero attached hydrogens (tertiary/aromatic N) is 5. The van der Waals surface area contributed by atoms with E-state index in [0.29, 0.717) is 11.6 Å². The molecule has 1 N–H and O–H groups in total. The van der Waals surface area contributed by atoms with E-state index in [4.69, 9.17) is 0 Å². The standard InChI is InChI=1S/C15H15FN6O/c1-9-5-10(6-9)22-8-12(13(16)20-22)19-15(23)11-7-18-21-4-2-3-17-14(11)21/h2-4,7-10H,5-6H2,1H3,(H,19,23). The molecule has 7 nitrogen and oxygen atoms in total. The molecule has 1 aliphatic carbocycles. The lowest BCUT2D eigenvalue weighted by Gasteiger charge is -2.32. The van der Waals surface area contributed by atoms with Gasteiger partial charge in [-0.3, -0.25) is 9.48 Å². The summed E-state index contributed by atoms with van der Waals surface area (Å²) in [5, 5.41) is 10.5. The Morgan fingerprint density at radius 3 is 3.04 bits per heavy atom. The van der Waals surface area contributed by atoms with E-state index < -0.39 is 11.9 Å². The lowest BCUT2D eigenvalue weighted by atomic mass is 9.82. The number of carbonyl (C=O) groups excluding carboxylic acids is 1. The molecule has 8 heteroatoms. The van der Waals surface area contributed by atoms with Crippen LogP contribution < -0.4 is 5.32 Å². The van der Waals surface area contributed by atoms with Crippen molar-refractivity contribution in [3.05, 3.63) is 42.4 Å². The normalized spacial score (nSPS) is 20.4. The highest BCUT2D eigenvalue weighted by molar-refractivity contribution is 6.08. The van der Waals surface area contributed by atoms with Gasteiger partial charge in [-0.1, -0.05) is 6.92 Å². The molecule has 0 aliphatic heterocycles. The van der Waals surface area contributed by atoms with E-state index >= 15 is 0 Å². The Bertz CT molecular complexity index is 879. The number of aromatic nitrogens is 5. The fourth-order valence-electron chi connectivity index (χ4n) is 2.89. The smallest absolute Gasteiger partial charge is 0.261 e. The van der Waals surface area contributed by atoms with Crippen LogP contribution in [-0.2, 0) is 0 Å². The lowest BCUT2D eigenvalue weighted by molar-refractivity contribution is 0.102. The van der Waals surface area contributed by atoms with Crippen molar-refractivity contribution in [2.75, 3.05) is 5.32 Å². The highest BCUT2D eigenvalue weighted by Gasteiger charge is 2.29. The number of amides is 1. The van der Waals surface area contributed by atoms with Crippen LogP contribution in [0.5, 0.6) is 0 Å². The summed E-state index contributed by atoms with van der Waals surface area (Å²) in [5.74, 6) is -0.503. The van der Waals surface area contributed by atoms with E-state index in [1.54, 1.807) is 29.3 Å². The van der Waals surface area contributed by atoms with Crippen LogP contribution in [0.15, 0.2) is 30.9 Å². The molecule has 4 rings (SSSR count). The van der Waals surface area contributed by atoms with E-state index in [9.17, 15) is 9.18 Å². The van der Waals surface area contributed by atoms with Gasteiger partial charge in [0.2, 0.25) is 0 Å². The zero-order valence-electron chi connectivity index (χ0n) is 12.5. The highest BCUT2D eigenvalue weighted by atomic mass is 19.1. The number of hydrogen-bond donors (Lipinski definition) is 1. The van der Waals surface area contributed by atoms with Gasteiger partial charge in [-0.05, 0) is 24.8 Å². The van der Waals surface area contributed by atoms with Crippen LogP contribution in [0.2, 0.25) is 0 Å². The summed E-state index contributed by atoms with van der Waals surface area (Å²) in [7, 11) is 0. The van der Waals surface area contributed by atoms with Gasteiger partial charge in [-0.15, -0.1) is 5.10 Å². The summed E-state index contributed by atoms with van der Waals surface area (Å²) >= 11 is 0. The van der Waals surface area contributed by atoms with Crippen molar-refractivity contribution < 1.29 is 9.18 Å². The van der Waals surface area contributed by atoms with Crippen molar-refractivity contribution in [1.29, 1.82) is 0 Å². The van der Waals surface area contributed by atoms with Gasteiger partial charge in [0.15, 0.2) is 5.65 Å². The van der Waals surface area contributed by atoms with Crippen LogP contribution >= 0.6 is 0 Å². The molecule has 0 saturated heterocycles. The number of halogens is 1. The predicted molar refractivity (Wildman–Crippen MR) is 80.6 cm³/mol. The minimum absolute atomic E-state index is 0.0739. The van der Waals surface area contributed by atoms with E-state index in [1.165, 1.54) is 10.7 Å². The summed E-state index contributed by atoms with van der Waals surface area (Å²) in [4.78, 5) is 16.5. The predicted octanol–water partition coefficient (Wildman–Crippen LogP) is 2.29. The van der Waals surface area contributed by atoms with E-state index in [-0.39, 0.29) is 17.3 Å². The van der Waals surface area contributed by atoms with Crippen molar-refractivity contribution in [2.45, 2.75) is 25.8 Å². The number of hydrogen-bond acceptors (Lipinski definition) is 4. The molecule has 0 spiro atoms. The largest absolute Gasteiger partial charge is 0.317 e. The van der Waals surface area contributed by atoms with Crippen molar-refractivity contribution in [3.8, 4) is 0 Å². The van der Waals surface area contributed by atoms with Crippen LogP contribution in [0.4, 0.5) is 10.1 Å². The monoisotopic (exact) mass is 314 g/mol. The third-order valence-electron chi connectivity index (χ3n) is 4.18. The SMILES string of the molecule is CC1CC(n2cc(NC(=O)c3cnn4cccnc34)c(F)n2)C1. The van der Waals surface area contributed by atoms with Gasteiger partial charge in [-0.2, -0.15) is 9.49 Å². The van der Waals surface area contributed by atoms with Gasteiger partial charge >= 0.3 is 0 Å². The summed E-state index contributed by atoms with van der Waals surface area (Å²) in [5.41, 5.74) is 0.783. The molecule has 0 atom stereocenters. The summed E-state index contributed by atoms with van der Waals surface area (Å²) in [6, 6.07) is 1.93. The molecular formula is C15H15FN6O. The molecule has 3 heterocycles. The molecule has 1 saturated carbocycles. The number of fused-ring (bicyclic) bond motifs is 1. The fourth-order valence-corrected chi connectivity index (χ4v) is 2.89. The molecular weight excluding hydrogens is 299 g/mol. The third-order valence-corrected chi connectivity index (χ3v) is 4.18. The first-order valence-electron chi connectivity index (χ1n) is 7.46. The Labute approximate surface area is 131 Å². The van der Waals surface area contributed by atoms with Gasteiger partial charge in [0.05, 0.1) is 18.4 Å². The first kappa shape index (κ1) is 13.9. The quantitative estimate of drug-likeness (QED) is 0.804. The van der Waals surface area contributed by atoms with Gasteiger partial charge in [0.25, 0.3) is 11.9 Å². The number of anilines is 1. The van der Waals surface area contributed by atoms with Gasteiger partial charge in [0.1, 0.15) is 11.3 Å². The molecule has 0 bridgehead atoms. The highest BCUT2D eigenvalue weighted by Crippen LogP contribution is 2.37. The van der Waals surface area contributed by atoms with Gasteiger partial charge in [0, 0.05) is 12.4 Å². The van der Waals surface area contributed by atoms with Crippen LogP contribution in [0.3, 0.4) is 0 Å². The third kappa shape index (κ3) is 2.36. The zero-order valence-corrected chi connectivity index (χ0v) is 12.5. The van der Waals surface area contributed by atoms with Crippen molar-refractivity contribution >= 4 is 17.2 Å². The topological polar surface area (TPSA) is 77.1 Å². The Balaban J connectivity index is 1.57. The maximum Gasteiger partial charge on any atom is 0.261 e. The number of nitrogens with one attached hydrogen (secondary N) is 1. The summed E-state index contributed by atoms with van der Waals surface area (Å²) in [6.07, 6.45) is 8.18. The van der Waals surface area contributed by atoms with Crippen molar-refractivity contribution in [3.63, 3.8) is 0 Å². The van der Waals surface area contributed by atoms with Crippen LogP contribution in [0.25, 0.3) is 5.65 Å². The van der Waals surface area contributed by atoms with Crippen LogP contribution in [0.1, 0.15) is 36.2 Å². The minimum atomic E-state index is -0.678. The first-order valence-corrected chi connectivity index (χ1v) is 7.46. The maximum absolute atomic E-state index is 14.0. The zero-order chi connectivity index (χ0) is 16.0. The summed E-state index contributed by atoms with van der Waals surface area (Å²) < 4.78 is 17.0. The van der Waals surface area contributed by atoms with Gasteiger partial charge in [-0.25, -0.2) is 9.50 Å². The molecule has 0 radical (unpaired) electrons.